The van der Waals surface area contributed by atoms with Crippen LogP contribution in [0.25, 0.3) is 0 Å². The van der Waals surface area contributed by atoms with Gasteiger partial charge in [0.15, 0.2) is 0 Å². The third-order valence-electron chi connectivity index (χ3n) is 4.13. The molecule has 1 unspecified atom stereocenters. The first-order valence-electron chi connectivity index (χ1n) is 7.44. The van der Waals surface area contributed by atoms with Crippen molar-refractivity contribution in [3.8, 4) is 5.75 Å². The minimum atomic E-state index is -2.44. The van der Waals surface area contributed by atoms with Gasteiger partial charge < -0.3 is 9.67 Å². The predicted octanol–water partition coefficient (Wildman–Crippen LogP) is 5.19. The van der Waals surface area contributed by atoms with Crippen molar-refractivity contribution in [2.75, 3.05) is 12.3 Å². The van der Waals surface area contributed by atoms with Gasteiger partial charge in [-0.3, -0.25) is 0 Å². The molecule has 0 aliphatic rings. The summed E-state index contributed by atoms with van der Waals surface area (Å²) in [5.41, 5.74) is 2.65. The van der Waals surface area contributed by atoms with Crippen molar-refractivity contribution < 1.29 is 9.67 Å². The minimum absolute atomic E-state index is 0.228. The van der Waals surface area contributed by atoms with E-state index in [0.717, 1.165) is 16.7 Å². The highest BCUT2D eigenvalue weighted by Gasteiger charge is 2.33. The Morgan fingerprint density at radius 3 is 2.24 bits per heavy atom. The molecule has 0 bridgehead atoms. The number of phenolic OH excluding ortho intramolecular Hbond substituents is 1. The minimum Gasteiger partial charge on any atom is -0.508 e. The molecule has 0 saturated heterocycles. The van der Waals surface area contributed by atoms with Gasteiger partial charge in [-0.15, -0.1) is 0 Å². The van der Waals surface area contributed by atoms with Crippen molar-refractivity contribution in [3.05, 3.63) is 65.2 Å². The predicted molar refractivity (Wildman–Crippen MR) is 89.8 cm³/mol. The molecule has 0 aromatic heterocycles. The Balaban J connectivity index is 2.67. The molecule has 3 heteroatoms. The van der Waals surface area contributed by atoms with E-state index in [2.05, 4.69) is 0 Å². The second kappa shape index (κ2) is 6.49. The van der Waals surface area contributed by atoms with Gasteiger partial charge in [0.1, 0.15) is 5.75 Å². The standard InChI is InChI=1S/C18H23O2P/c1-4-21(20,5-2)18(15-9-7-6-8-10-15)16-13-14(3)11-12-17(16)19/h6-13,18-19H,4-5H2,1-3H3. The molecule has 0 aliphatic heterocycles. The first-order valence-corrected chi connectivity index (χ1v) is 9.58. The number of benzene rings is 2. The van der Waals surface area contributed by atoms with Crippen LogP contribution in [0.2, 0.25) is 0 Å². The van der Waals surface area contributed by atoms with Crippen LogP contribution in [0.4, 0.5) is 0 Å². The third kappa shape index (κ3) is 3.22. The number of aromatic hydroxyl groups is 1. The second-order valence-electron chi connectivity index (χ2n) is 5.46. The first-order chi connectivity index (χ1) is 10.0. The van der Waals surface area contributed by atoms with Crippen molar-refractivity contribution in [2.24, 2.45) is 0 Å². The fourth-order valence-corrected chi connectivity index (χ4v) is 5.43. The summed E-state index contributed by atoms with van der Waals surface area (Å²) in [4.78, 5) is 0. The Morgan fingerprint density at radius 1 is 1.05 bits per heavy atom. The van der Waals surface area contributed by atoms with Crippen molar-refractivity contribution in [1.82, 2.24) is 0 Å². The van der Waals surface area contributed by atoms with Gasteiger partial charge >= 0.3 is 0 Å². The Bertz CT molecular complexity index is 642. The topological polar surface area (TPSA) is 37.3 Å². The maximum absolute atomic E-state index is 13.4. The molecule has 2 nitrogen and oxygen atoms in total. The van der Waals surface area contributed by atoms with E-state index in [0.29, 0.717) is 12.3 Å². The maximum Gasteiger partial charge on any atom is 0.119 e. The van der Waals surface area contributed by atoms with Gasteiger partial charge in [0.25, 0.3) is 0 Å². The lowest BCUT2D eigenvalue weighted by Gasteiger charge is -2.28. The van der Waals surface area contributed by atoms with E-state index >= 15 is 0 Å². The zero-order chi connectivity index (χ0) is 15.5. The van der Waals surface area contributed by atoms with E-state index in [1.165, 1.54) is 0 Å². The summed E-state index contributed by atoms with van der Waals surface area (Å²) in [7, 11) is -2.44. The molecule has 0 amide bonds. The molecule has 21 heavy (non-hydrogen) atoms. The zero-order valence-electron chi connectivity index (χ0n) is 12.9. The lowest BCUT2D eigenvalue weighted by Crippen LogP contribution is -2.07. The molecule has 2 aromatic carbocycles. The summed E-state index contributed by atoms with van der Waals surface area (Å²) in [5, 5.41) is 10.3. The van der Waals surface area contributed by atoms with Crippen LogP contribution in [-0.4, -0.2) is 17.4 Å². The molecule has 1 N–H and O–H groups in total. The molecule has 0 aliphatic carbocycles. The first kappa shape index (κ1) is 15.9. The normalized spacial score (nSPS) is 13.1. The van der Waals surface area contributed by atoms with E-state index in [-0.39, 0.29) is 11.4 Å². The van der Waals surface area contributed by atoms with Crippen LogP contribution in [0.3, 0.4) is 0 Å². The fraction of sp³-hybridized carbons (Fsp3) is 0.333. The van der Waals surface area contributed by atoms with E-state index in [4.69, 9.17) is 0 Å². The van der Waals surface area contributed by atoms with Gasteiger partial charge in [-0.1, -0.05) is 61.9 Å². The van der Waals surface area contributed by atoms with Crippen LogP contribution >= 0.6 is 7.14 Å². The number of rotatable bonds is 5. The molecule has 0 radical (unpaired) electrons. The molecule has 2 aromatic rings. The SMILES string of the molecule is CCP(=O)(CC)C(c1ccccc1)c1cc(C)ccc1O. The van der Waals surface area contributed by atoms with Gasteiger partial charge in [0, 0.05) is 5.56 Å². The van der Waals surface area contributed by atoms with Gasteiger partial charge in [-0.2, -0.15) is 0 Å². The average Bonchev–Trinajstić information content (AvgIpc) is 2.51. The van der Waals surface area contributed by atoms with E-state index in [1.54, 1.807) is 6.07 Å². The van der Waals surface area contributed by atoms with Gasteiger partial charge in [0.2, 0.25) is 0 Å². The summed E-state index contributed by atoms with van der Waals surface area (Å²) in [5.74, 6) is 0.233. The Morgan fingerprint density at radius 2 is 1.67 bits per heavy atom. The molecule has 112 valence electrons. The monoisotopic (exact) mass is 302 g/mol. The number of hydrogen-bond acceptors (Lipinski definition) is 2. The fourth-order valence-electron chi connectivity index (χ4n) is 2.82. The Labute approximate surface area is 127 Å². The Kier molecular flexibility index (Phi) is 4.90. The summed E-state index contributed by atoms with van der Waals surface area (Å²) >= 11 is 0. The molecular weight excluding hydrogens is 279 g/mol. The molecule has 0 fully saturated rings. The third-order valence-corrected chi connectivity index (χ3v) is 7.79. The van der Waals surface area contributed by atoms with Crippen LogP contribution < -0.4 is 0 Å². The zero-order valence-corrected chi connectivity index (χ0v) is 13.8. The van der Waals surface area contributed by atoms with Crippen LogP contribution in [0, 0.1) is 6.92 Å². The number of hydrogen-bond donors (Lipinski definition) is 1. The highest BCUT2D eigenvalue weighted by atomic mass is 31.2. The highest BCUT2D eigenvalue weighted by molar-refractivity contribution is 7.64. The van der Waals surface area contributed by atoms with E-state index in [9.17, 15) is 9.67 Å². The smallest absolute Gasteiger partial charge is 0.119 e. The van der Waals surface area contributed by atoms with Crippen LogP contribution in [-0.2, 0) is 4.57 Å². The number of aryl methyl sites for hydroxylation is 1. The maximum atomic E-state index is 13.4. The number of phenols is 1. The summed E-state index contributed by atoms with van der Waals surface area (Å²) < 4.78 is 13.4. The Hall–Kier alpha value is -1.53. The van der Waals surface area contributed by atoms with Crippen molar-refractivity contribution in [3.63, 3.8) is 0 Å². The second-order valence-corrected chi connectivity index (χ2v) is 9.15. The van der Waals surface area contributed by atoms with Crippen LogP contribution in [0.1, 0.15) is 36.2 Å². The van der Waals surface area contributed by atoms with E-state index in [1.807, 2.05) is 63.2 Å². The quantitative estimate of drug-likeness (QED) is 0.771. The van der Waals surface area contributed by atoms with Crippen molar-refractivity contribution >= 4 is 7.14 Å². The summed E-state index contributed by atoms with van der Waals surface area (Å²) in [6.45, 7) is 5.95. The lowest BCUT2D eigenvalue weighted by atomic mass is 10.0. The van der Waals surface area contributed by atoms with Crippen molar-refractivity contribution in [2.45, 2.75) is 26.4 Å². The molecule has 1 atom stereocenters. The molecule has 0 saturated carbocycles. The van der Waals surface area contributed by atoms with Gasteiger partial charge in [0.05, 0.1) is 12.8 Å². The lowest BCUT2D eigenvalue weighted by molar-refractivity contribution is 0.467. The molecule has 2 rings (SSSR count). The van der Waals surface area contributed by atoms with E-state index < -0.39 is 7.14 Å². The van der Waals surface area contributed by atoms with Crippen LogP contribution in [0.15, 0.2) is 48.5 Å². The van der Waals surface area contributed by atoms with Crippen molar-refractivity contribution in [1.29, 1.82) is 0 Å². The molecule has 0 heterocycles. The highest BCUT2D eigenvalue weighted by Crippen LogP contribution is 2.62. The van der Waals surface area contributed by atoms with Gasteiger partial charge in [-0.05, 0) is 30.9 Å². The van der Waals surface area contributed by atoms with Gasteiger partial charge in [-0.25, -0.2) is 0 Å². The van der Waals surface area contributed by atoms with Crippen LogP contribution in [0.5, 0.6) is 5.75 Å². The summed E-state index contributed by atoms with van der Waals surface area (Å²) in [6.07, 6.45) is 1.27. The largest absolute Gasteiger partial charge is 0.508 e. The molecular formula is C18H23O2P. The molecule has 0 spiro atoms. The summed E-state index contributed by atoms with van der Waals surface area (Å²) in [6, 6.07) is 15.4. The average molecular weight is 302 g/mol.